The van der Waals surface area contributed by atoms with Gasteiger partial charge in [0, 0.05) is 59.2 Å². The summed E-state index contributed by atoms with van der Waals surface area (Å²) in [4.78, 5) is 22.2. The first-order valence-corrected chi connectivity index (χ1v) is 20.4. The van der Waals surface area contributed by atoms with Crippen molar-refractivity contribution in [1.82, 2.24) is 24.9 Å². The molecular formula is C44H41BClN11O2S. The second kappa shape index (κ2) is 22.3. The third kappa shape index (κ3) is 12.6. The molecule has 8 rings (SSSR count). The van der Waals surface area contributed by atoms with Crippen LogP contribution in [0.2, 0.25) is 5.28 Å². The Balaban J connectivity index is 0.000000170. The predicted molar refractivity (Wildman–Crippen MR) is 243 cm³/mol. The molecule has 0 aliphatic heterocycles. The number of para-hydroxylation sites is 2. The second-order valence-corrected chi connectivity index (χ2v) is 14.4. The summed E-state index contributed by atoms with van der Waals surface area (Å²) in [6.45, 7) is 3.04. The van der Waals surface area contributed by atoms with Gasteiger partial charge in [-0.05, 0) is 96.9 Å². The summed E-state index contributed by atoms with van der Waals surface area (Å²) in [5.41, 5.74) is 5.15. The van der Waals surface area contributed by atoms with Gasteiger partial charge in [-0.25, -0.2) is 24.9 Å². The van der Waals surface area contributed by atoms with Crippen molar-refractivity contribution in [2.75, 3.05) is 47.4 Å². The predicted octanol–water partition coefficient (Wildman–Crippen LogP) is 7.65. The zero-order valence-corrected chi connectivity index (χ0v) is 34.0. The summed E-state index contributed by atoms with van der Waals surface area (Å²) in [7, 11) is -1.30. The summed E-state index contributed by atoms with van der Waals surface area (Å²) >= 11 is 7.31. The highest BCUT2D eigenvalue weighted by atomic mass is 35.5. The minimum absolute atomic E-state index is 0.253. The zero-order chi connectivity index (χ0) is 41.9. The average Bonchev–Trinajstić information content (AvgIpc) is 4.04. The second-order valence-electron chi connectivity index (χ2n) is 13.1. The monoisotopic (exact) mass is 833 g/mol. The lowest BCUT2D eigenvalue weighted by Gasteiger charge is -2.12. The lowest BCUT2D eigenvalue weighted by molar-refractivity contribution is 0.427. The zero-order valence-electron chi connectivity index (χ0n) is 32.5. The first-order valence-electron chi connectivity index (χ1n) is 19.2. The molecule has 4 heterocycles. The first kappa shape index (κ1) is 42.7. The molecule has 0 fully saturated rings. The van der Waals surface area contributed by atoms with Gasteiger partial charge in [0.2, 0.25) is 5.28 Å². The fraction of sp³-hybridized carbons (Fsp3) is 0.159. The minimum atomic E-state index is -1.30. The maximum absolute atomic E-state index is 8.82. The number of pyridine rings is 1. The van der Waals surface area contributed by atoms with Gasteiger partial charge in [0.05, 0.1) is 28.2 Å². The molecule has 0 atom stereocenters. The molecule has 6 N–H and O–H groups in total. The Kier molecular flexibility index (Phi) is 15.9. The van der Waals surface area contributed by atoms with Crippen molar-refractivity contribution in [2.45, 2.75) is 19.3 Å². The van der Waals surface area contributed by atoms with E-state index in [1.54, 1.807) is 35.8 Å². The van der Waals surface area contributed by atoms with Crippen molar-refractivity contribution in [3.05, 3.63) is 149 Å². The Bertz CT molecular complexity index is 2610. The van der Waals surface area contributed by atoms with E-state index < -0.39 is 7.12 Å². The number of aromatic nitrogens is 5. The molecule has 1 aliphatic carbocycles. The van der Waals surface area contributed by atoms with Gasteiger partial charge >= 0.3 is 7.12 Å². The van der Waals surface area contributed by atoms with Gasteiger partial charge in [0.15, 0.2) is 5.82 Å². The molecule has 0 saturated heterocycles. The van der Waals surface area contributed by atoms with Gasteiger partial charge in [-0.2, -0.15) is 21.9 Å². The molecule has 300 valence electrons. The fourth-order valence-electron chi connectivity index (χ4n) is 5.88. The molecule has 0 unspecified atom stereocenters. The van der Waals surface area contributed by atoms with Crippen molar-refractivity contribution >= 4 is 85.4 Å². The lowest BCUT2D eigenvalue weighted by Crippen LogP contribution is -2.26. The van der Waals surface area contributed by atoms with Crippen molar-refractivity contribution in [2.24, 2.45) is 0 Å². The van der Waals surface area contributed by atoms with E-state index in [0.29, 0.717) is 29.0 Å². The van der Waals surface area contributed by atoms with Crippen LogP contribution >= 0.6 is 22.9 Å². The van der Waals surface area contributed by atoms with E-state index in [0.717, 1.165) is 88.7 Å². The number of nitrogens with zero attached hydrogens (tertiary/aromatic N) is 7. The van der Waals surface area contributed by atoms with Crippen LogP contribution in [-0.4, -0.2) is 68.3 Å². The number of anilines is 4. The number of fused-ring (bicyclic) bond motifs is 2. The van der Waals surface area contributed by atoms with Crippen LogP contribution in [0.1, 0.15) is 36.2 Å². The molecule has 3 aromatic carbocycles. The van der Waals surface area contributed by atoms with Crippen molar-refractivity contribution in [3.63, 3.8) is 0 Å². The number of hydrogen-bond acceptors (Lipinski definition) is 14. The Morgan fingerprint density at radius 2 is 1.33 bits per heavy atom. The van der Waals surface area contributed by atoms with Crippen molar-refractivity contribution < 1.29 is 10.0 Å². The largest absolute Gasteiger partial charge is 0.499 e. The molecule has 0 radical (unpaired) electrons. The van der Waals surface area contributed by atoms with E-state index in [2.05, 4.69) is 60.5 Å². The van der Waals surface area contributed by atoms with Crippen LogP contribution in [0, 0.1) is 22.7 Å². The fourth-order valence-corrected chi connectivity index (χ4v) is 6.65. The summed E-state index contributed by atoms with van der Waals surface area (Å²) in [5, 5.41) is 51.9. The number of rotatable bonds is 14. The lowest BCUT2D eigenvalue weighted by atomic mass is 9.90. The van der Waals surface area contributed by atoms with Crippen LogP contribution < -0.4 is 26.0 Å². The summed E-state index contributed by atoms with van der Waals surface area (Å²) in [5.74, 6) is 3.11. The van der Waals surface area contributed by atoms with Crippen molar-refractivity contribution in [3.8, 4) is 12.1 Å². The summed E-state index contributed by atoms with van der Waals surface area (Å²) < 4.78 is 0.588. The molecule has 13 nitrogen and oxygen atoms in total. The van der Waals surface area contributed by atoms with Crippen LogP contribution in [0.25, 0.3) is 27.4 Å². The maximum atomic E-state index is 8.82. The molecule has 60 heavy (non-hydrogen) atoms. The number of nitriles is 2. The summed E-state index contributed by atoms with van der Waals surface area (Å²) in [6, 6.07) is 34.5. The molecule has 0 saturated carbocycles. The normalized spacial score (nSPS) is 11.2. The highest BCUT2D eigenvalue weighted by molar-refractivity contribution is 7.20. The van der Waals surface area contributed by atoms with Crippen LogP contribution in [0.3, 0.4) is 0 Å². The third-order valence-corrected chi connectivity index (χ3v) is 9.97. The Hall–Kier alpha value is -6.88. The quantitative estimate of drug-likeness (QED) is 0.0355. The van der Waals surface area contributed by atoms with E-state index in [4.69, 9.17) is 42.1 Å². The van der Waals surface area contributed by atoms with Gasteiger partial charge in [-0.1, -0.05) is 54.6 Å². The highest BCUT2D eigenvalue weighted by Gasteiger charge is 2.12. The van der Waals surface area contributed by atoms with Crippen LogP contribution in [-0.2, 0) is 0 Å². The average molecular weight is 834 g/mol. The Morgan fingerprint density at radius 3 is 1.95 bits per heavy atom. The first-order chi connectivity index (χ1) is 29.4. The molecule has 7 aromatic rings. The SMILES string of the molecule is N#Cc1ccc(NCCCCNc2nc(Cl)nc3ccccc23)cc1.N#Cc1ccc(NCCNc2nc(C3=CC=CC3)nc3ccccc23)nc1.OB(O)c1cccs1. The molecule has 4 aromatic heterocycles. The molecular weight excluding hydrogens is 793 g/mol. The van der Waals surface area contributed by atoms with E-state index in [1.807, 2.05) is 78.9 Å². The number of benzene rings is 3. The van der Waals surface area contributed by atoms with E-state index in [-0.39, 0.29) is 5.28 Å². The molecule has 1 aliphatic rings. The maximum Gasteiger partial charge on any atom is 0.499 e. The molecule has 0 spiro atoms. The Labute approximate surface area is 357 Å². The van der Waals surface area contributed by atoms with Gasteiger partial charge in [0.1, 0.15) is 23.5 Å². The van der Waals surface area contributed by atoms with E-state index in [9.17, 15) is 0 Å². The number of hydrogen-bond donors (Lipinski definition) is 6. The van der Waals surface area contributed by atoms with Gasteiger partial charge < -0.3 is 31.3 Å². The molecule has 0 amide bonds. The van der Waals surface area contributed by atoms with Crippen LogP contribution in [0.4, 0.5) is 23.1 Å². The highest BCUT2D eigenvalue weighted by Crippen LogP contribution is 2.26. The molecule has 0 bridgehead atoms. The van der Waals surface area contributed by atoms with E-state index >= 15 is 0 Å². The Morgan fingerprint density at radius 1 is 0.683 bits per heavy atom. The molecule has 16 heteroatoms. The summed E-state index contributed by atoms with van der Waals surface area (Å²) in [6.07, 6.45) is 10.6. The number of thiophene rings is 1. The number of unbranched alkanes of at least 4 members (excludes halogenated alkanes) is 1. The van der Waals surface area contributed by atoms with Crippen LogP contribution in [0.5, 0.6) is 0 Å². The van der Waals surface area contributed by atoms with Gasteiger partial charge in [-0.3, -0.25) is 0 Å². The third-order valence-electron chi connectivity index (χ3n) is 8.89. The number of nitrogens with one attached hydrogen (secondary N) is 4. The topological polar surface area (TPSA) is 201 Å². The van der Waals surface area contributed by atoms with Crippen molar-refractivity contribution in [1.29, 1.82) is 10.5 Å². The van der Waals surface area contributed by atoms with E-state index in [1.165, 1.54) is 11.3 Å². The van der Waals surface area contributed by atoms with Crippen LogP contribution in [0.15, 0.2) is 127 Å². The number of halogens is 1. The minimum Gasteiger partial charge on any atom is -0.423 e. The van der Waals surface area contributed by atoms with Gasteiger partial charge in [-0.15, -0.1) is 0 Å². The standard InChI is InChI=1S/C21H18N6.C19H18ClN5.C4H5BO2S/c22-13-15-9-10-19(25-14-15)23-11-12-24-21-17-7-3-4-8-18(17)26-20(27-21)16-5-1-2-6-16;20-19-24-17-6-2-1-5-16(17)18(25-19)23-12-4-3-11-22-15-9-7-14(13-21)8-10-15;6-5(7)4-2-1-3-8-4/h1-5,7-10,14H,6,11-12H2,(H,23,25)(H,24,26,27);1-2,5-10,22H,3-4,11-12H2,(H,23,24,25);1-3,6-7H. The smallest absolute Gasteiger partial charge is 0.423 e. The number of allylic oxidation sites excluding steroid dienone is 4. The van der Waals surface area contributed by atoms with Gasteiger partial charge in [0.25, 0.3) is 0 Å².